The van der Waals surface area contributed by atoms with Gasteiger partial charge in [-0.2, -0.15) is 5.10 Å². The summed E-state index contributed by atoms with van der Waals surface area (Å²) in [5.74, 6) is 1.74. The van der Waals surface area contributed by atoms with Crippen LogP contribution in [0.3, 0.4) is 0 Å². The number of amides is 1. The van der Waals surface area contributed by atoms with Gasteiger partial charge in [-0.15, -0.1) is 0 Å². The quantitative estimate of drug-likeness (QED) is 0.456. The van der Waals surface area contributed by atoms with E-state index in [-0.39, 0.29) is 11.8 Å². The summed E-state index contributed by atoms with van der Waals surface area (Å²) in [6.07, 6.45) is 6.32. The Balaban J connectivity index is 1.30. The highest BCUT2D eigenvalue weighted by molar-refractivity contribution is 5.81. The average molecular weight is 456 g/mol. The Bertz CT molecular complexity index is 1270. The van der Waals surface area contributed by atoms with Crippen molar-refractivity contribution in [3.63, 3.8) is 0 Å². The largest absolute Gasteiger partial charge is 0.497 e. The predicted molar refractivity (Wildman–Crippen MR) is 133 cm³/mol. The molecule has 0 saturated carbocycles. The van der Waals surface area contributed by atoms with Gasteiger partial charge in [-0.25, -0.2) is 9.50 Å². The van der Waals surface area contributed by atoms with Crippen molar-refractivity contribution in [2.24, 2.45) is 5.92 Å². The predicted octanol–water partition coefficient (Wildman–Crippen LogP) is 3.98. The molecule has 0 radical (unpaired) electrons. The van der Waals surface area contributed by atoms with E-state index in [2.05, 4.69) is 33.4 Å². The lowest BCUT2D eigenvalue weighted by molar-refractivity contribution is -0.125. The number of hydrogen-bond acceptors (Lipinski definition) is 5. The van der Waals surface area contributed by atoms with Gasteiger partial charge in [0.2, 0.25) is 5.91 Å². The Kier molecular flexibility index (Phi) is 6.42. The Hall–Kier alpha value is -3.87. The van der Waals surface area contributed by atoms with Crippen LogP contribution < -0.4 is 15.0 Å². The minimum absolute atomic E-state index is 0.0487. The first-order valence-electron chi connectivity index (χ1n) is 11.8. The molecule has 1 aliphatic heterocycles. The summed E-state index contributed by atoms with van der Waals surface area (Å²) in [7, 11) is 1.66. The highest BCUT2D eigenvalue weighted by Crippen LogP contribution is 2.29. The summed E-state index contributed by atoms with van der Waals surface area (Å²) in [6, 6.07) is 20.2. The minimum Gasteiger partial charge on any atom is -0.497 e. The van der Waals surface area contributed by atoms with Crippen LogP contribution >= 0.6 is 0 Å². The van der Waals surface area contributed by atoms with Crippen LogP contribution in [0.2, 0.25) is 0 Å². The third kappa shape index (κ3) is 4.73. The lowest BCUT2D eigenvalue weighted by Gasteiger charge is -2.33. The van der Waals surface area contributed by atoms with E-state index in [0.29, 0.717) is 13.1 Å². The minimum atomic E-state index is -0.0487. The molecule has 4 aromatic rings. The van der Waals surface area contributed by atoms with Crippen LogP contribution in [0.25, 0.3) is 16.8 Å². The zero-order chi connectivity index (χ0) is 23.3. The fourth-order valence-electron chi connectivity index (χ4n) is 4.58. The van der Waals surface area contributed by atoms with Crippen molar-refractivity contribution in [2.45, 2.75) is 19.3 Å². The van der Waals surface area contributed by atoms with Gasteiger partial charge in [-0.3, -0.25) is 4.79 Å². The van der Waals surface area contributed by atoms with Crippen molar-refractivity contribution in [2.75, 3.05) is 31.6 Å². The molecular weight excluding hydrogens is 426 g/mol. The van der Waals surface area contributed by atoms with Crippen LogP contribution in [-0.4, -0.2) is 47.2 Å². The van der Waals surface area contributed by atoms with Gasteiger partial charge < -0.3 is 15.0 Å². The van der Waals surface area contributed by atoms with Gasteiger partial charge >= 0.3 is 0 Å². The van der Waals surface area contributed by atoms with Gasteiger partial charge in [-0.1, -0.05) is 42.5 Å². The van der Waals surface area contributed by atoms with Crippen LogP contribution in [0.15, 0.2) is 73.1 Å². The maximum Gasteiger partial charge on any atom is 0.224 e. The Morgan fingerprint density at radius 1 is 1.15 bits per heavy atom. The van der Waals surface area contributed by atoms with Gasteiger partial charge in [-0.05, 0) is 43.0 Å². The number of carbonyl (C=O) groups excluding carboxylic acids is 1. The standard InChI is InChI=1S/C27H29N5O2/c1-34-23-11-5-9-21(17-23)24-18-25-26(28-14-16-32(25)30-24)31-15-6-10-22(19-31)27(33)29-13-12-20-7-3-2-4-8-20/h2-5,7-9,11,14,16-18,22H,6,10,12-13,15,19H2,1H3,(H,29,33). The second kappa shape index (κ2) is 9.95. The van der Waals surface area contributed by atoms with Crippen molar-refractivity contribution in [1.29, 1.82) is 0 Å². The van der Waals surface area contributed by atoms with E-state index in [4.69, 9.17) is 9.84 Å². The number of nitrogens with zero attached hydrogens (tertiary/aromatic N) is 4. The Morgan fingerprint density at radius 3 is 2.88 bits per heavy atom. The van der Waals surface area contributed by atoms with Crippen molar-refractivity contribution in [3.05, 3.63) is 78.6 Å². The molecule has 1 fully saturated rings. The maximum absolute atomic E-state index is 12.9. The first-order chi connectivity index (χ1) is 16.7. The molecule has 7 heteroatoms. The smallest absolute Gasteiger partial charge is 0.224 e. The summed E-state index contributed by atoms with van der Waals surface area (Å²) in [6.45, 7) is 2.18. The molecule has 2 aromatic heterocycles. The van der Waals surface area contributed by atoms with E-state index in [9.17, 15) is 4.79 Å². The zero-order valence-electron chi connectivity index (χ0n) is 19.4. The molecule has 0 spiro atoms. The number of anilines is 1. The zero-order valence-corrected chi connectivity index (χ0v) is 19.4. The van der Waals surface area contributed by atoms with Crippen molar-refractivity contribution in [3.8, 4) is 17.0 Å². The van der Waals surface area contributed by atoms with E-state index >= 15 is 0 Å². The number of piperidine rings is 1. The average Bonchev–Trinajstić information content (AvgIpc) is 3.34. The summed E-state index contributed by atoms with van der Waals surface area (Å²) < 4.78 is 7.23. The molecule has 1 N–H and O–H groups in total. The van der Waals surface area contributed by atoms with Crippen LogP contribution in [0.4, 0.5) is 5.82 Å². The first-order valence-corrected chi connectivity index (χ1v) is 11.8. The molecule has 0 bridgehead atoms. The van der Waals surface area contributed by atoms with Crippen LogP contribution in [0.1, 0.15) is 18.4 Å². The van der Waals surface area contributed by atoms with E-state index in [1.165, 1.54) is 5.56 Å². The molecule has 7 nitrogen and oxygen atoms in total. The Morgan fingerprint density at radius 2 is 2.03 bits per heavy atom. The molecule has 1 aliphatic rings. The maximum atomic E-state index is 12.9. The highest BCUT2D eigenvalue weighted by Gasteiger charge is 2.27. The van der Waals surface area contributed by atoms with E-state index in [0.717, 1.165) is 54.1 Å². The first kappa shape index (κ1) is 21.9. The highest BCUT2D eigenvalue weighted by atomic mass is 16.5. The molecule has 0 aliphatic carbocycles. The normalized spacial score (nSPS) is 15.9. The number of aromatic nitrogens is 3. The Labute approximate surface area is 199 Å². The van der Waals surface area contributed by atoms with Gasteiger partial charge in [0.1, 0.15) is 11.3 Å². The molecule has 1 amide bonds. The molecule has 34 heavy (non-hydrogen) atoms. The molecule has 1 unspecified atom stereocenters. The lowest BCUT2D eigenvalue weighted by atomic mass is 9.97. The molecule has 3 heterocycles. The van der Waals surface area contributed by atoms with Crippen LogP contribution in [0, 0.1) is 5.92 Å². The third-order valence-corrected chi connectivity index (χ3v) is 6.38. The fraction of sp³-hybridized carbons (Fsp3) is 0.296. The molecule has 1 saturated heterocycles. The molecule has 1 atom stereocenters. The summed E-state index contributed by atoms with van der Waals surface area (Å²) >= 11 is 0. The second-order valence-corrected chi connectivity index (χ2v) is 8.65. The third-order valence-electron chi connectivity index (χ3n) is 6.38. The van der Waals surface area contributed by atoms with Gasteiger partial charge in [0.25, 0.3) is 0 Å². The van der Waals surface area contributed by atoms with Crippen LogP contribution in [-0.2, 0) is 11.2 Å². The fourth-order valence-corrected chi connectivity index (χ4v) is 4.58. The topological polar surface area (TPSA) is 71.8 Å². The SMILES string of the molecule is COc1cccc(-c2cc3c(N4CCCC(C(=O)NCCc5ccccc5)C4)nccn3n2)c1. The monoisotopic (exact) mass is 455 g/mol. The number of fused-ring (bicyclic) bond motifs is 1. The molecule has 174 valence electrons. The number of hydrogen-bond donors (Lipinski definition) is 1. The lowest BCUT2D eigenvalue weighted by Crippen LogP contribution is -2.44. The number of rotatable bonds is 7. The summed E-state index contributed by atoms with van der Waals surface area (Å²) in [5.41, 5.74) is 4.02. The van der Waals surface area contributed by atoms with Gasteiger partial charge in [0, 0.05) is 37.6 Å². The number of ether oxygens (including phenoxy) is 1. The number of benzene rings is 2. The second-order valence-electron chi connectivity index (χ2n) is 8.65. The summed E-state index contributed by atoms with van der Waals surface area (Å²) in [5, 5.41) is 7.88. The molecular formula is C27H29N5O2. The molecule has 2 aromatic carbocycles. The molecule has 5 rings (SSSR count). The number of carbonyl (C=O) groups is 1. The summed E-state index contributed by atoms with van der Waals surface area (Å²) in [4.78, 5) is 19.8. The van der Waals surface area contributed by atoms with Gasteiger partial charge in [0.05, 0.1) is 18.7 Å². The van der Waals surface area contributed by atoms with Crippen molar-refractivity contribution < 1.29 is 9.53 Å². The van der Waals surface area contributed by atoms with E-state index in [1.807, 2.05) is 53.2 Å². The van der Waals surface area contributed by atoms with Gasteiger partial charge in [0.15, 0.2) is 5.82 Å². The van der Waals surface area contributed by atoms with Crippen molar-refractivity contribution >= 4 is 17.2 Å². The van der Waals surface area contributed by atoms with E-state index in [1.54, 1.807) is 13.3 Å². The van der Waals surface area contributed by atoms with Crippen molar-refractivity contribution in [1.82, 2.24) is 19.9 Å². The van der Waals surface area contributed by atoms with E-state index < -0.39 is 0 Å². The number of nitrogens with one attached hydrogen (secondary N) is 1. The number of methoxy groups -OCH3 is 1. The van der Waals surface area contributed by atoms with Crippen LogP contribution in [0.5, 0.6) is 5.75 Å².